The van der Waals surface area contributed by atoms with Crippen molar-refractivity contribution in [2.24, 2.45) is 0 Å². The molecule has 0 amide bonds. The van der Waals surface area contributed by atoms with E-state index in [9.17, 15) is 39.3 Å². The van der Waals surface area contributed by atoms with Crippen LogP contribution in [0.2, 0.25) is 0 Å². The van der Waals surface area contributed by atoms with Crippen molar-refractivity contribution in [2.45, 2.75) is 17.6 Å². The summed E-state index contributed by atoms with van der Waals surface area (Å²) in [4.78, 5) is 0. The van der Waals surface area contributed by atoms with Crippen LogP contribution in [0.1, 0.15) is 27.5 Å². The van der Waals surface area contributed by atoms with Crippen molar-refractivity contribution in [3.8, 4) is 0 Å². The summed E-state index contributed by atoms with van der Waals surface area (Å²) >= 11 is 0. The summed E-state index contributed by atoms with van der Waals surface area (Å²) in [7, 11) is -5.34. The summed E-state index contributed by atoms with van der Waals surface area (Å²) in [6.07, 6.45) is -10.0. The molecule has 0 aromatic heterocycles. The van der Waals surface area contributed by atoms with Gasteiger partial charge in [0, 0.05) is 29.6 Å². The third-order valence-electron chi connectivity index (χ3n) is 3.40. The molecule has 0 spiro atoms. The first kappa shape index (κ1) is 23.0. The molecular formula is C15H10F6NaO3S. The second kappa shape index (κ2) is 7.89. The van der Waals surface area contributed by atoms with Crippen LogP contribution in [0.4, 0.5) is 26.3 Å². The van der Waals surface area contributed by atoms with Gasteiger partial charge in [0.25, 0.3) is 10.1 Å². The number of hydrogen-bond acceptors (Lipinski definition) is 2. The van der Waals surface area contributed by atoms with Gasteiger partial charge in [-0.2, -0.15) is 34.8 Å². The summed E-state index contributed by atoms with van der Waals surface area (Å²) in [5.41, 5.74) is -4.88. The van der Waals surface area contributed by atoms with Crippen LogP contribution in [-0.2, 0) is 22.5 Å². The summed E-state index contributed by atoms with van der Waals surface area (Å²) < 4.78 is 112. The Morgan fingerprint density at radius 3 is 1.31 bits per heavy atom. The molecule has 3 nitrogen and oxygen atoms in total. The van der Waals surface area contributed by atoms with E-state index in [2.05, 4.69) is 0 Å². The van der Waals surface area contributed by atoms with Gasteiger partial charge in [-0.3, -0.25) is 4.55 Å². The first-order chi connectivity index (χ1) is 11.3. The Morgan fingerprint density at radius 2 is 1.04 bits per heavy atom. The molecule has 0 atom stereocenters. The molecule has 0 aliphatic carbocycles. The van der Waals surface area contributed by atoms with Crippen molar-refractivity contribution in [1.82, 2.24) is 0 Å². The SMILES string of the molecule is O=S(=O)(O)C(c1ccccc1C(F)(F)F)c1ccccc1C(F)(F)F.[Na]. The summed E-state index contributed by atoms with van der Waals surface area (Å²) in [6, 6.07) is 6.50. The van der Waals surface area contributed by atoms with E-state index in [1.165, 1.54) is 0 Å². The smallest absolute Gasteiger partial charge is 0.285 e. The van der Waals surface area contributed by atoms with Gasteiger partial charge in [0.05, 0.1) is 11.1 Å². The van der Waals surface area contributed by atoms with Gasteiger partial charge in [-0.25, -0.2) is 0 Å². The molecule has 11 heteroatoms. The van der Waals surface area contributed by atoms with Gasteiger partial charge in [-0.1, -0.05) is 36.4 Å². The Labute approximate surface area is 167 Å². The van der Waals surface area contributed by atoms with E-state index in [-0.39, 0.29) is 29.6 Å². The molecule has 2 aromatic carbocycles. The second-order valence-electron chi connectivity index (χ2n) is 5.07. The summed E-state index contributed by atoms with van der Waals surface area (Å²) in [5.74, 6) is 0. The molecule has 0 aliphatic rings. The van der Waals surface area contributed by atoms with Gasteiger partial charge < -0.3 is 0 Å². The average Bonchev–Trinajstić information content (AvgIpc) is 2.45. The zero-order chi connectivity index (χ0) is 19.0. The van der Waals surface area contributed by atoms with E-state index >= 15 is 0 Å². The van der Waals surface area contributed by atoms with Crippen molar-refractivity contribution in [3.63, 3.8) is 0 Å². The van der Waals surface area contributed by atoms with Crippen molar-refractivity contribution < 1.29 is 39.3 Å². The van der Waals surface area contributed by atoms with E-state index in [0.29, 0.717) is 24.3 Å². The average molecular weight is 407 g/mol. The van der Waals surface area contributed by atoms with Gasteiger partial charge >= 0.3 is 12.4 Å². The van der Waals surface area contributed by atoms with Crippen LogP contribution in [0.5, 0.6) is 0 Å². The maximum Gasteiger partial charge on any atom is 0.416 e. The van der Waals surface area contributed by atoms with Gasteiger partial charge in [-0.15, -0.1) is 0 Å². The first-order valence-electron chi connectivity index (χ1n) is 6.62. The molecule has 1 radical (unpaired) electrons. The molecule has 137 valence electrons. The molecule has 0 saturated carbocycles. The van der Waals surface area contributed by atoms with Crippen LogP contribution in [-0.4, -0.2) is 42.5 Å². The Morgan fingerprint density at radius 1 is 0.731 bits per heavy atom. The first-order valence-corrected chi connectivity index (χ1v) is 8.12. The minimum atomic E-state index is -5.34. The fourth-order valence-electron chi connectivity index (χ4n) is 2.46. The van der Waals surface area contributed by atoms with Gasteiger partial charge in [0.15, 0.2) is 0 Å². The Bertz CT molecular complexity index is 820. The van der Waals surface area contributed by atoms with E-state index in [0.717, 1.165) is 24.3 Å². The van der Waals surface area contributed by atoms with Crippen LogP contribution < -0.4 is 0 Å². The van der Waals surface area contributed by atoms with Crippen LogP contribution in [0.15, 0.2) is 48.5 Å². The monoisotopic (exact) mass is 407 g/mol. The quantitative estimate of drug-likeness (QED) is 0.469. The molecule has 1 N–H and O–H groups in total. The minimum Gasteiger partial charge on any atom is -0.285 e. The maximum atomic E-state index is 13.1. The molecule has 0 bridgehead atoms. The molecular weight excluding hydrogens is 397 g/mol. The van der Waals surface area contributed by atoms with Crippen molar-refractivity contribution in [3.05, 3.63) is 70.8 Å². The molecule has 0 heterocycles. The van der Waals surface area contributed by atoms with Gasteiger partial charge in [0.2, 0.25) is 0 Å². The molecule has 26 heavy (non-hydrogen) atoms. The number of alkyl halides is 6. The van der Waals surface area contributed by atoms with Crippen molar-refractivity contribution >= 4 is 39.7 Å². The van der Waals surface area contributed by atoms with Crippen molar-refractivity contribution in [2.75, 3.05) is 0 Å². The molecule has 0 aliphatic heterocycles. The standard InChI is InChI=1S/C15H10F6O3S.Na/c16-14(17,18)11-7-3-1-5-9(11)13(25(22,23)24)10-6-2-4-8-12(10)15(19,20)21;/h1-8,13H,(H,22,23,24);. The van der Waals surface area contributed by atoms with E-state index in [1.54, 1.807) is 0 Å². The minimum absolute atomic E-state index is 0. The number of rotatable bonds is 3. The third kappa shape index (κ3) is 5.01. The molecule has 2 rings (SSSR count). The summed E-state index contributed by atoms with van der Waals surface area (Å²) in [5, 5.41) is -2.54. The van der Waals surface area contributed by atoms with Crippen molar-refractivity contribution in [1.29, 1.82) is 0 Å². The fourth-order valence-corrected chi connectivity index (χ4v) is 3.51. The van der Waals surface area contributed by atoms with E-state index in [1.807, 2.05) is 0 Å². The molecule has 0 fully saturated rings. The number of benzene rings is 2. The Hall–Kier alpha value is -1.07. The van der Waals surface area contributed by atoms with Crippen LogP contribution in [0.25, 0.3) is 0 Å². The van der Waals surface area contributed by atoms with Crippen LogP contribution in [0.3, 0.4) is 0 Å². The van der Waals surface area contributed by atoms with E-state index < -0.39 is 50.0 Å². The zero-order valence-corrected chi connectivity index (χ0v) is 16.0. The Kier molecular flexibility index (Phi) is 6.97. The topological polar surface area (TPSA) is 54.4 Å². The normalized spacial score (nSPS) is 12.8. The largest absolute Gasteiger partial charge is 0.416 e. The second-order valence-corrected chi connectivity index (χ2v) is 6.57. The molecule has 0 unspecified atom stereocenters. The third-order valence-corrected chi connectivity index (χ3v) is 4.50. The van der Waals surface area contributed by atoms with E-state index in [4.69, 9.17) is 0 Å². The van der Waals surface area contributed by atoms with Gasteiger partial charge in [-0.05, 0) is 23.3 Å². The fraction of sp³-hybridized carbons (Fsp3) is 0.200. The molecule has 2 aromatic rings. The maximum absolute atomic E-state index is 13.1. The summed E-state index contributed by atoms with van der Waals surface area (Å²) in [6.45, 7) is 0. The van der Waals surface area contributed by atoms with Crippen LogP contribution >= 0.6 is 0 Å². The predicted molar refractivity (Wildman–Crippen MR) is 82.0 cm³/mol. The van der Waals surface area contributed by atoms with Gasteiger partial charge in [0.1, 0.15) is 5.25 Å². The Balaban J connectivity index is 0.00000338. The number of halogens is 6. The van der Waals surface area contributed by atoms with Crippen LogP contribution in [0, 0.1) is 0 Å². The predicted octanol–water partition coefficient (Wildman–Crippen LogP) is 4.32. The zero-order valence-electron chi connectivity index (χ0n) is 13.1. The molecule has 0 saturated heterocycles. The number of hydrogen-bond donors (Lipinski definition) is 1.